The quantitative estimate of drug-likeness (QED) is 0.252. The van der Waals surface area contributed by atoms with Gasteiger partial charge in [0.05, 0.1) is 6.42 Å². The number of benzene rings is 2. The van der Waals surface area contributed by atoms with Crippen LogP contribution in [0.15, 0.2) is 53.5 Å². The summed E-state index contributed by atoms with van der Waals surface area (Å²) in [5.74, 6) is -3.87. The second-order valence-corrected chi connectivity index (χ2v) is 7.16. The van der Waals surface area contributed by atoms with Crippen LogP contribution >= 0.6 is 0 Å². The molecular formula is C22H16F3N3O4. The molecule has 0 amide bonds. The van der Waals surface area contributed by atoms with Crippen molar-refractivity contribution in [3.05, 3.63) is 64.6 Å². The van der Waals surface area contributed by atoms with Crippen molar-refractivity contribution in [3.63, 3.8) is 0 Å². The maximum Gasteiger partial charge on any atom is 0.491 e. The summed E-state index contributed by atoms with van der Waals surface area (Å²) in [5, 5.41) is 1.21. The number of alkyl halides is 3. The molecule has 0 radical (unpaired) electrons. The fourth-order valence-corrected chi connectivity index (χ4v) is 3.54. The van der Waals surface area contributed by atoms with Gasteiger partial charge in [0, 0.05) is 28.2 Å². The summed E-state index contributed by atoms with van der Waals surface area (Å²) < 4.78 is 40.7. The van der Waals surface area contributed by atoms with Crippen LogP contribution in [-0.4, -0.2) is 28.1 Å². The van der Waals surface area contributed by atoms with Gasteiger partial charge >= 0.3 is 18.1 Å². The zero-order chi connectivity index (χ0) is 23.0. The number of pyridine rings is 1. The van der Waals surface area contributed by atoms with Crippen molar-refractivity contribution in [3.8, 4) is 11.1 Å². The molecule has 0 fully saturated rings. The van der Waals surface area contributed by atoms with Crippen LogP contribution in [0, 0.1) is 0 Å². The van der Waals surface area contributed by atoms with E-state index in [2.05, 4.69) is 14.7 Å². The van der Waals surface area contributed by atoms with E-state index in [4.69, 9.17) is 5.73 Å². The Morgan fingerprint density at radius 1 is 1.06 bits per heavy atom. The largest absolute Gasteiger partial charge is 0.491 e. The SMILES string of the molecule is Nc1cccc(-c2ccc3[nH]c(=O)c4[nH]cc(CCC(=O)OC(=O)C(F)(F)F)c4c3c2)c1. The first kappa shape index (κ1) is 21.2. The Hall–Kier alpha value is -4.08. The van der Waals surface area contributed by atoms with Crippen LogP contribution in [0.4, 0.5) is 18.9 Å². The van der Waals surface area contributed by atoms with E-state index in [-0.39, 0.29) is 17.5 Å². The Kier molecular flexibility index (Phi) is 5.21. The number of nitrogens with two attached hydrogens (primary N) is 1. The van der Waals surface area contributed by atoms with Crippen LogP contribution in [0.3, 0.4) is 0 Å². The van der Waals surface area contributed by atoms with Gasteiger partial charge in [0.2, 0.25) is 0 Å². The number of fused-ring (bicyclic) bond motifs is 3. The summed E-state index contributed by atoms with van der Waals surface area (Å²) in [7, 11) is 0. The molecule has 0 spiro atoms. The van der Waals surface area contributed by atoms with Crippen molar-refractivity contribution >= 4 is 39.4 Å². The van der Waals surface area contributed by atoms with Gasteiger partial charge in [-0.15, -0.1) is 0 Å². The Morgan fingerprint density at radius 2 is 1.81 bits per heavy atom. The van der Waals surface area contributed by atoms with Crippen molar-refractivity contribution in [2.45, 2.75) is 19.0 Å². The number of rotatable bonds is 4. The highest BCUT2D eigenvalue weighted by Crippen LogP contribution is 2.30. The molecule has 0 bridgehead atoms. The highest BCUT2D eigenvalue weighted by atomic mass is 19.4. The third-order valence-electron chi connectivity index (χ3n) is 4.98. The van der Waals surface area contributed by atoms with Crippen molar-refractivity contribution in [1.29, 1.82) is 0 Å². The number of carbonyl (C=O) groups excluding carboxylic acids is 2. The number of halogens is 3. The van der Waals surface area contributed by atoms with Crippen molar-refractivity contribution in [2.75, 3.05) is 5.73 Å². The van der Waals surface area contributed by atoms with Gasteiger partial charge in [-0.1, -0.05) is 18.2 Å². The number of aryl methyl sites for hydroxylation is 1. The van der Waals surface area contributed by atoms with E-state index in [0.29, 0.717) is 27.5 Å². The summed E-state index contributed by atoms with van der Waals surface area (Å²) in [5.41, 5.74) is 9.09. The summed E-state index contributed by atoms with van der Waals surface area (Å²) in [6, 6.07) is 12.7. The van der Waals surface area contributed by atoms with Crippen LogP contribution < -0.4 is 11.3 Å². The van der Waals surface area contributed by atoms with Crippen molar-refractivity contribution in [2.24, 2.45) is 0 Å². The van der Waals surface area contributed by atoms with Crippen LogP contribution in [0.5, 0.6) is 0 Å². The summed E-state index contributed by atoms with van der Waals surface area (Å²) in [6.07, 6.45) is -4.26. The number of ether oxygens (including phenoxy) is 1. The number of anilines is 1. The molecule has 32 heavy (non-hydrogen) atoms. The lowest BCUT2D eigenvalue weighted by atomic mass is 9.99. The van der Waals surface area contributed by atoms with E-state index in [1.165, 1.54) is 6.20 Å². The lowest BCUT2D eigenvalue weighted by Crippen LogP contribution is -2.28. The van der Waals surface area contributed by atoms with Gasteiger partial charge in [-0.2, -0.15) is 13.2 Å². The normalized spacial score (nSPS) is 11.7. The molecule has 0 aliphatic rings. The molecule has 2 heterocycles. The molecule has 4 rings (SSSR count). The molecule has 2 aromatic carbocycles. The van der Waals surface area contributed by atoms with Crippen LogP contribution in [0.2, 0.25) is 0 Å². The van der Waals surface area contributed by atoms with E-state index >= 15 is 0 Å². The first-order chi connectivity index (χ1) is 15.1. The number of aromatic nitrogens is 2. The van der Waals surface area contributed by atoms with Gasteiger partial charge in [-0.05, 0) is 47.4 Å². The second-order valence-electron chi connectivity index (χ2n) is 7.16. The number of carbonyl (C=O) groups is 2. The van der Waals surface area contributed by atoms with E-state index < -0.39 is 24.5 Å². The van der Waals surface area contributed by atoms with Crippen LogP contribution in [0.25, 0.3) is 32.9 Å². The number of nitrogens with one attached hydrogen (secondary N) is 2. The van der Waals surface area contributed by atoms with E-state index in [1.807, 2.05) is 24.3 Å². The number of hydrogen-bond donors (Lipinski definition) is 3. The molecule has 2 aromatic heterocycles. The zero-order valence-corrected chi connectivity index (χ0v) is 16.4. The first-order valence-electron chi connectivity index (χ1n) is 9.47. The van der Waals surface area contributed by atoms with Gasteiger partial charge < -0.3 is 20.4 Å². The highest BCUT2D eigenvalue weighted by Gasteiger charge is 2.42. The fraction of sp³-hybridized carbons (Fsp3) is 0.136. The lowest BCUT2D eigenvalue weighted by Gasteiger charge is -2.08. The number of H-pyrrole nitrogens is 2. The predicted molar refractivity (Wildman–Crippen MR) is 112 cm³/mol. The van der Waals surface area contributed by atoms with Gasteiger partial charge in [0.15, 0.2) is 0 Å². The Bertz CT molecular complexity index is 1420. The van der Waals surface area contributed by atoms with Gasteiger partial charge in [0.25, 0.3) is 5.56 Å². The maximum absolute atomic E-state index is 12.4. The molecule has 0 saturated carbocycles. The number of esters is 2. The number of hydrogen-bond acceptors (Lipinski definition) is 5. The second kappa shape index (κ2) is 7.88. The highest BCUT2D eigenvalue weighted by molar-refractivity contribution is 6.07. The molecule has 0 atom stereocenters. The standard InChI is InChI=1S/C22H16F3N3O4/c23-22(24,25)21(31)32-17(29)7-5-13-10-27-19-18(13)15-9-12(4-6-16(15)28-20(19)30)11-2-1-3-14(26)8-11/h1-4,6,8-10,27H,5,7,26H2,(H,28,30). The first-order valence-corrected chi connectivity index (χ1v) is 9.47. The van der Waals surface area contributed by atoms with E-state index in [0.717, 1.165) is 11.1 Å². The molecule has 0 aliphatic heterocycles. The Morgan fingerprint density at radius 3 is 2.53 bits per heavy atom. The number of nitrogen functional groups attached to an aromatic ring is 1. The van der Waals surface area contributed by atoms with E-state index in [1.54, 1.807) is 18.2 Å². The number of aromatic amines is 2. The van der Waals surface area contributed by atoms with Gasteiger partial charge in [0.1, 0.15) is 5.52 Å². The maximum atomic E-state index is 12.4. The third-order valence-corrected chi connectivity index (χ3v) is 4.98. The molecule has 0 unspecified atom stereocenters. The Balaban J connectivity index is 1.72. The molecule has 4 N–H and O–H groups in total. The summed E-state index contributed by atoms with van der Waals surface area (Å²) >= 11 is 0. The molecular weight excluding hydrogens is 427 g/mol. The fourth-order valence-electron chi connectivity index (χ4n) is 3.54. The van der Waals surface area contributed by atoms with Crippen LogP contribution in [0.1, 0.15) is 12.0 Å². The average molecular weight is 443 g/mol. The smallest absolute Gasteiger partial charge is 0.399 e. The summed E-state index contributed by atoms with van der Waals surface area (Å²) in [6.45, 7) is 0. The minimum absolute atomic E-state index is 0.0367. The molecule has 10 heteroatoms. The van der Waals surface area contributed by atoms with E-state index in [9.17, 15) is 27.6 Å². The molecule has 4 aromatic rings. The summed E-state index contributed by atoms with van der Waals surface area (Å²) in [4.78, 5) is 40.6. The van der Waals surface area contributed by atoms with Crippen molar-refractivity contribution < 1.29 is 27.5 Å². The topological polar surface area (TPSA) is 118 Å². The predicted octanol–water partition coefficient (Wildman–Crippen LogP) is 3.82. The molecule has 0 saturated heterocycles. The van der Waals surface area contributed by atoms with Gasteiger partial charge in [-0.25, -0.2) is 4.79 Å². The molecule has 7 nitrogen and oxygen atoms in total. The minimum atomic E-state index is -5.25. The zero-order valence-electron chi connectivity index (χ0n) is 16.4. The average Bonchev–Trinajstić information content (AvgIpc) is 3.16. The molecule has 0 aliphatic carbocycles. The van der Waals surface area contributed by atoms with Crippen molar-refractivity contribution in [1.82, 2.24) is 9.97 Å². The molecule has 164 valence electrons. The third kappa shape index (κ3) is 4.07. The monoisotopic (exact) mass is 443 g/mol. The minimum Gasteiger partial charge on any atom is -0.399 e. The Labute approximate surface area is 178 Å². The van der Waals surface area contributed by atoms with Crippen LogP contribution in [-0.2, 0) is 20.7 Å². The van der Waals surface area contributed by atoms with Gasteiger partial charge in [-0.3, -0.25) is 9.59 Å². The lowest BCUT2D eigenvalue weighted by molar-refractivity contribution is -0.201.